The maximum Gasteiger partial charge on any atom is 0.325 e. The lowest BCUT2D eigenvalue weighted by Crippen LogP contribution is -2.13. The van der Waals surface area contributed by atoms with E-state index < -0.39 is 0 Å². The summed E-state index contributed by atoms with van der Waals surface area (Å²) in [5.74, 6) is 1.20. The zero-order valence-corrected chi connectivity index (χ0v) is 14.1. The number of unbranched alkanes of at least 4 members (excludes halogenated alkanes) is 3. The first kappa shape index (κ1) is 17.2. The average Bonchev–Trinajstić information content (AvgIpc) is 2.96. The highest BCUT2D eigenvalue weighted by Gasteiger charge is 2.12. The number of rotatable bonds is 9. The summed E-state index contributed by atoms with van der Waals surface area (Å²) in [4.78, 5) is 12.0. The molecule has 0 radical (unpaired) electrons. The third-order valence-corrected chi connectivity index (χ3v) is 3.84. The van der Waals surface area contributed by atoms with Crippen LogP contribution in [-0.2, 0) is 16.1 Å². The Morgan fingerprint density at radius 2 is 1.96 bits per heavy atom. The normalized spacial score (nSPS) is 10.7. The van der Waals surface area contributed by atoms with Crippen molar-refractivity contribution in [2.75, 3.05) is 20.8 Å². The molecule has 1 heterocycles. The summed E-state index contributed by atoms with van der Waals surface area (Å²) >= 11 is 0. The van der Waals surface area contributed by atoms with Gasteiger partial charge < -0.3 is 18.8 Å². The topological polar surface area (TPSA) is 49.7 Å². The van der Waals surface area contributed by atoms with Gasteiger partial charge in [0.25, 0.3) is 0 Å². The Labute approximate surface area is 137 Å². The molecule has 5 nitrogen and oxygen atoms in total. The van der Waals surface area contributed by atoms with E-state index in [0.29, 0.717) is 12.4 Å². The molecule has 0 unspecified atom stereocenters. The summed E-state index contributed by atoms with van der Waals surface area (Å²) in [6.45, 7) is 2.84. The molecule has 126 valence electrons. The number of ether oxygens (including phenoxy) is 3. The van der Waals surface area contributed by atoms with Crippen molar-refractivity contribution in [2.45, 2.75) is 39.2 Å². The number of methoxy groups -OCH3 is 2. The van der Waals surface area contributed by atoms with Crippen LogP contribution in [0.15, 0.2) is 24.4 Å². The zero-order chi connectivity index (χ0) is 16.7. The number of esters is 1. The van der Waals surface area contributed by atoms with Crippen molar-refractivity contribution in [3.8, 4) is 11.5 Å². The largest absolute Gasteiger partial charge is 0.497 e. The summed E-state index contributed by atoms with van der Waals surface area (Å²) < 4.78 is 17.8. The Hall–Kier alpha value is -2.17. The second-order valence-corrected chi connectivity index (χ2v) is 5.49. The molecule has 0 aliphatic heterocycles. The highest BCUT2D eigenvalue weighted by Crippen LogP contribution is 2.31. The average molecular weight is 319 g/mol. The molecule has 23 heavy (non-hydrogen) atoms. The van der Waals surface area contributed by atoms with Crippen LogP contribution in [0.25, 0.3) is 10.9 Å². The molecule has 0 fully saturated rings. The van der Waals surface area contributed by atoms with Crippen molar-refractivity contribution in [1.82, 2.24) is 4.57 Å². The molecule has 0 spiro atoms. The van der Waals surface area contributed by atoms with Crippen LogP contribution in [0.5, 0.6) is 11.5 Å². The van der Waals surface area contributed by atoms with E-state index in [1.54, 1.807) is 14.2 Å². The number of aromatic nitrogens is 1. The summed E-state index contributed by atoms with van der Waals surface area (Å²) in [6, 6.07) is 5.66. The number of carbonyl (C=O) groups excluding carboxylic acids is 1. The molecule has 1 aromatic carbocycles. The molecule has 0 saturated heterocycles. The first-order chi connectivity index (χ1) is 11.2. The minimum atomic E-state index is -0.221. The molecule has 0 atom stereocenters. The molecule has 2 aromatic rings. The van der Waals surface area contributed by atoms with Gasteiger partial charge in [0.1, 0.15) is 18.0 Å². The zero-order valence-electron chi connectivity index (χ0n) is 14.1. The van der Waals surface area contributed by atoms with Crippen molar-refractivity contribution in [3.05, 3.63) is 24.4 Å². The van der Waals surface area contributed by atoms with Crippen molar-refractivity contribution >= 4 is 16.9 Å². The summed E-state index contributed by atoms with van der Waals surface area (Å²) in [5, 5.41) is 0.948. The molecule has 0 N–H and O–H groups in total. The predicted molar refractivity (Wildman–Crippen MR) is 90.1 cm³/mol. The fourth-order valence-electron chi connectivity index (χ4n) is 2.56. The molecule has 5 heteroatoms. The van der Waals surface area contributed by atoms with Gasteiger partial charge in [0.05, 0.1) is 26.3 Å². The van der Waals surface area contributed by atoms with Crippen molar-refractivity contribution in [2.24, 2.45) is 0 Å². The van der Waals surface area contributed by atoms with E-state index in [1.165, 1.54) is 12.8 Å². The molecule has 0 amide bonds. The minimum Gasteiger partial charge on any atom is -0.497 e. The van der Waals surface area contributed by atoms with Gasteiger partial charge in [-0.05, 0) is 12.5 Å². The van der Waals surface area contributed by atoms with Crippen LogP contribution in [0.4, 0.5) is 0 Å². The minimum absolute atomic E-state index is 0.188. The van der Waals surface area contributed by atoms with E-state index in [-0.39, 0.29) is 12.5 Å². The quantitative estimate of drug-likeness (QED) is 0.521. The van der Waals surface area contributed by atoms with Gasteiger partial charge in [-0.25, -0.2) is 0 Å². The van der Waals surface area contributed by atoms with Crippen LogP contribution < -0.4 is 9.47 Å². The van der Waals surface area contributed by atoms with E-state index in [1.807, 2.05) is 29.0 Å². The van der Waals surface area contributed by atoms with Crippen LogP contribution in [0.1, 0.15) is 32.6 Å². The first-order valence-corrected chi connectivity index (χ1v) is 8.06. The third-order valence-electron chi connectivity index (χ3n) is 3.84. The smallest absolute Gasteiger partial charge is 0.325 e. The monoisotopic (exact) mass is 319 g/mol. The summed E-state index contributed by atoms with van der Waals surface area (Å²) in [7, 11) is 3.23. The summed E-state index contributed by atoms with van der Waals surface area (Å²) in [6.07, 6.45) is 6.25. The molecule has 2 rings (SSSR count). The Kier molecular flexibility index (Phi) is 6.32. The van der Waals surface area contributed by atoms with E-state index >= 15 is 0 Å². The standard InChI is InChI=1S/C18H25NO4/c1-4-5-6-7-10-23-18(20)13-19-9-8-15-16(19)11-14(21-2)12-17(15)22-3/h8-9,11-12H,4-7,10,13H2,1-3H3. The van der Waals surface area contributed by atoms with Gasteiger partial charge in [0.15, 0.2) is 0 Å². The molecular weight excluding hydrogens is 294 g/mol. The third kappa shape index (κ3) is 4.41. The van der Waals surface area contributed by atoms with Gasteiger partial charge in [0, 0.05) is 23.7 Å². The van der Waals surface area contributed by atoms with Crippen LogP contribution in [0.3, 0.4) is 0 Å². The van der Waals surface area contributed by atoms with Crippen LogP contribution >= 0.6 is 0 Å². The number of hydrogen-bond donors (Lipinski definition) is 0. The number of hydrogen-bond acceptors (Lipinski definition) is 4. The SMILES string of the molecule is CCCCCCOC(=O)Cn1ccc2c(OC)cc(OC)cc21. The number of carbonyl (C=O) groups is 1. The molecule has 0 saturated carbocycles. The van der Waals surface area contributed by atoms with Gasteiger partial charge >= 0.3 is 5.97 Å². The van der Waals surface area contributed by atoms with E-state index in [9.17, 15) is 4.79 Å². The predicted octanol–water partition coefficient (Wildman–Crippen LogP) is 3.78. The molecular formula is C18H25NO4. The highest BCUT2D eigenvalue weighted by atomic mass is 16.5. The lowest BCUT2D eigenvalue weighted by atomic mass is 10.2. The second-order valence-electron chi connectivity index (χ2n) is 5.49. The summed E-state index contributed by atoms with van der Waals surface area (Å²) in [5.41, 5.74) is 0.893. The highest BCUT2D eigenvalue weighted by molar-refractivity contribution is 5.89. The second kappa shape index (κ2) is 8.46. The maximum atomic E-state index is 12.0. The lowest BCUT2D eigenvalue weighted by Gasteiger charge is -2.09. The molecule has 1 aromatic heterocycles. The Balaban J connectivity index is 2.04. The fraction of sp³-hybridized carbons (Fsp3) is 0.500. The Morgan fingerprint density at radius 1 is 1.13 bits per heavy atom. The molecule has 0 aliphatic rings. The van der Waals surface area contributed by atoms with Gasteiger partial charge in [-0.2, -0.15) is 0 Å². The van der Waals surface area contributed by atoms with Crippen LogP contribution in [0, 0.1) is 0 Å². The lowest BCUT2D eigenvalue weighted by molar-refractivity contribution is -0.144. The van der Waals surface area contributed by atoms with Crippen molar-refractivity contribution in [1.29, 1.82) is 0 Å². The van der Waals surface area contributed by atoms with Crippen molar-refractivity contribution in [3.63, 3.8) is 0 Å². The number of benzene rings is 1. The Bertz CT molecular complexity index is 648. The number of fused-ring (bicyclic) bond motifs is 1. The van der Waals surface area contributed by atoms with Gasteiger partial charge in [-0.3, -0.25) is 4.79 Å². The van der Waals surface area contributed by atoms with Gasteiger partial charge in [-0.15, -0.1) is 0 Å². The van der Waals surface area contributed by atoms with E-state index in [2.05, 4.69) is 6.92 Å². The Morgan fingerprint density at radius 3 is 2.65 bits per heavy atom. The molecule has 0 aliphatic carbocycles. The van der Waals surface area contributed by atoms with Gasteiger partial charge in [0.2, 0.25) is 0 Å². The van der Waals surface area contributed by atoms with E-state index in [0.717, 1.165) is 29.5 Å². The van der Waals surface area contributed by atoms with Crippen LogP contribution in [0.2, 0.25) is 0 Å². The fourth-order valence-corrected chi connectivity index (χ4v) is 2.56. The van der Waals surface area contributed by atoms with Crippen LogP contribution in [-0.4, -0.2) is 31.4 Å². The van der Waals surface area contributed by atoms with Crippen molar-refractivity contribution < 1.29 is 19.0 Å². The molecule has 0 bridgehead atoms. The first-order valence-electron chi connectivity index (χ1n) is 8.06. The number of nitrogens with zero attached hydrogens (tertiary/aromatic N) is 1. The van der Waals surface area contributed by atoms with Gasteiger partial charge in [-0.1, -0.05) is 26.2 Å². The maximum absolute atomic E-state index is 12.0. The van der Waals surface area contributed by atoms with E-state index in [4.69, 9.17) is 14.2 Å².